The van der Waals surface area contributed by atoms with E-state index in [2.05, 4.69) is 9.71 Å². The molecule has 1 fully saturated rings. The first-order valence-electron chi connectivity index (χ1n) is 8.63. The third kappa shape index (κ3) is 4.95. The van der Waals surface area contributed by atoms with Gasteiger partial charge < -0.3 is 19.1 Å². The number of H-pyrrole nitrogens is 1. The van der Waals surface area contributed by atoms with E-state index in [0.29, 0.717) is 5.56 Å². The van der Waals surface area contributed by atoms with Gasteiger partial charge in [-0.1, -0.05) is 18.2 Å². The van der Waals surface area contributed by atoms with E-state index in [4.69, 9.17) is 9.26 Å². The summed E-state index contributed by atoms with van der Waals surface area (Å²) in [5.74, 6) is 0. The van der Waals surface area contributed by atoms with Gasteiger partial charge in [0.15, 0.2) is 0 Å². The molecule has 28 heavy (non-hydrogen) atoms. The Morgan fingerprint density at radius 2 is 2.11 bits per heavy atom. The monoisotopic (exact) mass is 427 g/mol. The van der Waals surface area contributed by atoms with Crippen LogP contribution in [-0.4, -0.2) is 40.1 Å². The molecule has 9 nitrogen and oxygen atoms in total. The summed E-state index contributed by atoms with van der Waals surface area (Å²) < 4.78 is 28.5. The Labute approximate surface area is 165 Å². The molecule has 2 heterocycles. The summed E-state index contributed by atoms with van der Waals surface area (Å²) in [6.45, 7) is -0.433. The summed E-state index contributed by atoms with van der Waals surface area (Å²) in [7, 11) is 0. The van der Waals surface area contributed by atoms with E-state index >= 15 is 0 Å². The van der Waals surface area contributed by atoms with Crippen LogP contribution in [0.25, 0.3) is 0 Å². The second-order valence-corrected chi connectivity index (χ2v) is 11.2. The molecule has 1 aliphatic rings. The minimum absolute atomic E-state index is 0.209. The second-order valence-electron chi connectivity index (χ2n) is 6.50. The van der Waals surface area contributed by atoms with Gasteiger partial charge >= 0.3 is 5.69 Å². The molecule has 0 bridgehead atoms. The van der Waals surface area contributed by atoms with E-state index in [1.807, 2.05) is 30.3 Å². The number of nitrogens with zero attached hydrogens (tertiary/aromatic N) is 1. The fraction of sp³-hybridized carbons (Fsp3) is 0.412. The van der Waals surface area contributed by atoms with Crippen LogP contribution in [-0.2, 0) is 13.8 Å². The molecule has 0 saturated carbocycles. The van der Waals surface area contributed by atoms with E-state index in [1.54, 1.807) is 6.92 Å². The second kappa shape index (κ2) is 8.67. The van der Waals surface area contributed by atoms with Crippen molar-refractivity contribution in [1.29, 1.82) is 0 Å². The molecule has 1 aromatic heterocycles. The quantitative estimate of drug-likeness (QED) is 0.454. The van der Waals surface area contributed by atoms with E-state index < -0.39 is 36.3 Å². The molecule has 1 unspecified atom stereocenters. The molecule has 0 radical (unpaired) electrons. The maximum absolute atomic E-state index is 12.8. The normalized spacial score (nSPS) is 24.0. The molecule has 152 valence electrons. The van der Waals surface area contributed by atoms with Crippen molar-refractivity contribution in [3.63, 3.8) is 0 Å². The van der Waals surface area contributed by atoms with Crippen molar-refractivity contribution in [2.75, 3.05) is 18.0 Å². The molecule has 3 rings (SSSR count). The first kappa shape index (κ1) is 20.9. The molecule has 3 N–H and O–H groups in total. The van der Waals surface area contributed by atoms with Gasteiger partial charge in [0.25, 0.3) is 12.1 Å². The third-order valence-electron chi connectivity index (χ3n) is 4.25. The Balaban J connectivity index is 1.70. The summed E-state index contributed by atoms with van der Waals surface area (Å²) in [6.07, 6.45) is -0.540. The number of aliphatic hydroxyl groups excluding tert-OH is 1. The van der Waals surface area contributed by atoms with Crippen LogP contribution in [0.5, 0.6) is 0 Å². The zero-order chi connectivity index (χ0) is 20.3. The number of aromatic nitrogens is 2. The maximum atomic E-state index is 12.8. The summed E-state index contributed by atoms with van der Waals surface area (Å²) >= 11 is 0.966. The number of aromatic amines is 1. The Morgan fingerprint density at radius 3 is 2.79 bits per heavy atom. The third-order valence-corrected chi connectivity index (χ3v) is 7.09. The Kier molecular flexibility index (Phi) is 6.47. The number of hydrogen-bond acceptors (Lipinski definition) is 8. The Morgan fingerprint density at radius 1 is 1.39 bits per heavy atom. The maximum Gasteiger partial charge on any atom is 0.330 e. The predicted octanol–water partition coefficient (Wildman–Crippen LogP) is 2.09. The van der Waals surface area contributed by atoms with Gasteiger partial charge in [-0.15, -0.1) is 0 Å². The van der Waals surface area contributed by atoms with Crippen LogP contribution in [0.3, 0.4) is 0 Å². The summed E-state index contributed by atoms with van der Waals surface area (Å²) in [4.78, 5) is 25.8. The zero-order valence-electron chi connectivity index (χ0n) is 15.4. The predicted molar refractivity (Wildman–Crippen MR) is 108 cm³/mol. The molecule has 2 aromatic rings. The van der Waals surface area contributed by atoms with Gasteiger partial charge in [-0.05, 0) is 19.1 Å². The van der Waals surface area contributed by atoms with Crippen molar-refractivity contribution < 1.29 is 18.9 Å². The molecule has 0 amide bonds. The van der Waals surface area contributed by atoms with Gasteiger partial charge in [0, 0.05) is 42.1 Å². The number of anilines is 1. The number of para-hydroxylation sites is 1. The molecule has 11 heteroatoms. The molecule has 0 aliphatic carbocycles. The highest BCUT2D eigenvalue weighted by Gasteiger charge is 2.40. The highest BCUT2D eigenvalue weighted by molar-refractivity contribution is 8.57. The lowest BCUT2D eigenvalue weighted by atomic mass is 10.2. The van der Waals surface area contributed by atoms with Crippen LogP contribution in [0.2, 0.25) is 0 Å². The van der Waals surface area contributed by atoms with Crippen molar-refractivity contribution in [2.45, 2.75) is 31.8 Å². The molecule has 1 aliphatic heterocycles. The minimum Gasteiger partial charge on any atom is -0.394 e. The Bertz CT molecular complexity index is 979. The summed E-state index contributed by atoms with van der Waals surface area (Å²) in [6, 6.07) is 9.25. The van der Waals surface area contributed by atoms with Crippen molar-refractivity contribution in [2.24, 2.45) is 0 Å². The van der Waals surface area contributed by atoms with Gasteiger partial charge in [0.2, 0.25) is 0 Å². The van der Waals surface area contributed by atoms with Crippen molar-refractivity contribution in [3.8, 4) is 0 Å². The fourth-order valence-electron chi connectivity index (χ4n) is 2.86. The van der Waals surface area contributed by atoms with Crippen LogP contribution < -0.4 is 16.0 Å². The van der Waals surface area contributed by atoms with Crippen LogP contribution in [0.4, 0.5) is 5.69 Å². The number of benzene rings is 1. The SMILES string of the molecule is Cc1cn([C@H]2C[C@H](OP(C)(=O)SNc3ccccc3)[C@@H](CO)O2)c(=O)[nH]c1=O. The van der Waals surface area contributed by atoms with Gasteiger partial charge in [-0.25, -0.2) is 4.79 Å². The van der Waals surface area contributed by atoms with Crippen molar-refractivity contribution in [1.82, 2.24) is 9.55 Å². The van der Waals surface area contributed by atoms with Crippen LogP contribution >= 0.6 is 18.1 Å². The fourth-order valence-corrected chi connectivity index (χ4v) is 5.29. The number of aryl methyl sites for hydroxylation is 1. The lowest BCUT2D eigenvalue weighted by molar-refractivity contribution is -0.0414. The van der Waals surface area contributed by atoms with Gasteiger partial charge in [-0.3, -0.25) is 18.9 Å². The molecule has 1 aromatic carbocycles. The summed E-state index contributed by atoms with van der Waals surface area (Å²) in [5, 5.41) is 9.61. The molecular formula is C17H22N3O6PS. The lowest BCUT2D eigenvalue weighted by Gasteiger charge is -2.21. The number of aliphatic hydroxyl groups is 1. The number of nitrogens with one attached hydrogen (secondary N) is 2. The standard InChI is InChI=1S/C17H22N3O6PS/c1-11-9-20(17(23)18-16(11)22)15-8-13(14(10-21)25-15)26-27(2,24)28-19-12-6-4-3-5-7-12/h3-7,9,13-15,19,21H,8,10H2,1-2H3,(H,18,22,23)/t13-,14+,15+,27?/m0/s1. The highest BCUT2D eigenvalue weighted by atomic mass is 32.7. The van der Waals surface area contributed by atoms with Gasteiger partial charge in [0.05, 0.1) is 12.7 Å². The van der Waals surface area contributed by atoms with Crippen LogP contribution in [0.15, 0.2) is 46.1 Å². The molecule has 0 spiro atoms. The average molecular weight is 427 g/mol. The first-order valence-corrected chi connectivity index (χ1v) is 12.1. The largest absolute Gasteiger partial charge is 0.394 e. The first-order chi connectivity index (χ1) is 13.3. The number of ether oxygens (including phenoxy) is 1. The molecule has 1 saturated heterocycles. The topological polar surface area (TPSA) is 123 Å². The van der Waals surface area contributed by atoms with Gasteiger partial charge in [-0.2, -0.15) is 0 Å². The molecular weight excluding hydrogens is 405 g/mol. The zero-order valence-corrected chi connectivity index (χ0v) is 17.1. The highest BCUT2D eigenvalue weighted by Crippen LogP contribution is 2.58. The number of hydrogen-bond donors (Lipinski definition) is 3. The van der Waals surface area contributed by atoms with E-state index in [0.717, 1.165) is 17.3 Å². The van der Waals surface area contributed by atoms with E-state index in [-0.39, 0.29) is 13.0 Å². The minimum atomic E-state index is -3.14. The van der Waals surface area contributed by atoms with Crippen LogP contribution in [0, 0.1) is 6.92 Å². The van der Waals surface area contributed by atoms with E-state index in [9.17, 15) is 19.3 Å². The average Bonchev–Trinajstić information content (AvgIpc) is 3.06. The number of rotatable bonds is 7. The summed E-state index contributed by atoms with van der Waals surface area (Å²) in [5.41, 5.74) is 0.0644. The lowest BCUT2D eigenvalue weighted by Crippen LogP contribution is -2.33. The van der Waals surface area contributed by atoms with Crippen molar-refractivity contribution in [3.05, 3.63) is 62.9 Å². The molecule has 4 atom stereocenters. The Hall–Kier alpha value is -1.84. The smallest absolute Gasteiger partial charge is 0.330 e. The van der Waals surface area contributed by atoms with E-state index in [1.165, 1.54) is 17.4 Å². The van der Waals surface area contributed by atoms with Crippen molar-refractivity contribution >= 4 is 23.8 Å². The van der Waals surface area contributed by atoms with Crippen LogP contribution in [0.1, 0.15) is 18.2 Å². The van der Waals surface area contributed by atoms with Gasteiger partial charge in [0.1, 0.15) is 12.3 Å².